The standard InChI is InChI=1S/C17H23ClN2O4S/c1-24-16-3-2-14(18)10-13(16)11-17(21)20-7-5-19(6-8-20)15-4-9-25(22,23)12-15/h2-3,10,15H,4-9,11-12H2,1H3/p+1/t15-/m1/s1. The Hall–Kier alpha value is -1.31. The lowest BCUT2D eigenvalue weighted by atomic mass is 10.1. The monoisotopic (exact) mass is 387 g/mol. The van der Waals surface area contributed by atoms with Gasteiger partial charge in [0.25, 0.3) is 0 Å². The second-order valence-corrected chi connectivity index (χ2v) is 9.44. The summed E-state index contributed by atoms with van der Waals surface area (Å²) in [4.78, 5) is 15.8. The SMILES string of the molecule is COc1ccc(Cl)cc1CC(=O)N1CC[NH+]([C@@H]2CCS(=O)(=O)C2)CC1. The normalized spacial score (nSPS) is 23.6. The molecule has 0 aromatic heterocycles. The molecule has 0 unspecified atom stereocenters. The number of nitrogens with one attached hydrogen (secondary N) is 1. The summed E-state index contributed by atoms with van der Waals surface area (Å²) in [6.45, 7) is 2.93. The molecule has 2 aliphatic rings. The number of nitrogens with zero attached hydrogens (tertiary/aromatic N) is 1. The third kappa shape index (κ3) is 4.46. The van der Waals surface area contributed by atoms with Gasteiger partial charge in [-0.1, -0.05) is 11.6 Å². The van der Waals surface area contributed by atoms with Crippen LogP contribution in [-0.4, -0.2) is 70.1 Å². The minimum Gasteiger partial charge on any atom is -0.496 e. The van der Waals surface area contributed by atoms with E-state index < -0.39 is 9.84 Å². The van der Waals surface area contributed by atoms with Gasteiger partial charge in [0.05, 0.1) is 45.5 Å². The van der Waals surface area contributed by atoms with Crippen LogP contribution < -0.4 is 9.64 Å². The van der Waals surface area contributed by atoms with Gasteiger partial charge in [0.2, 0.25) is 5.91 Å². The van der Waals surface area contributed by atoms with Gasteiger partial charge in [-0.25, -0.2) is 8.42 Å². The summed E-state index contributed by atoms with van der Waals surface area (Å²) in [5, 5.41) is 0.584. The van der Waals surface area contributed by atoms with E-state index in [2.05, 4.69) is 0 Å². The summed E-state index contributed by atoms with van der Waals surface area (Å²) in [5.41, 5.74) is 0.789. The molecule has 0 bridgehead atoms. The molecule has 1 amide bonds. The van der Waals surface area contributed by atoms with E-state index in [-0.39, 0.29) is 24.1 Å². The average molecular weight is 388 g/mol. The van der Waals surface area contributed by atoms with Gasteiger partial charge in [-0.15, -0.1) is 0 Å². The van der Waals surface area contributed by atoms with E-state index in [0.29, 0.717) is 29.6 Å². The van der Waals surface area contributed by atoms with Crippen molar-refractivity contribution >= 4 is 27.3 Å². The van der Waals surface area contributed by atoms with Crippen molar-refractivity contribution in [3.05, 3.63) is 28.8 Å². The zero-order valence-corrected chi connectivity index (χ0v) is 15.9. The number of amides is 1. The van der Waals surface area contributed by atoms with Crippen LogP contribution in [0.5, 0.6) is 5.75 Å². The van der Waals surface area contributed by atoms with Gasteiger partial charge in [-0.2, -0.15) is 0 Å². The number of ether oxygens (including phenoxy) is 1. The minimum absolute atomic E-state index is 0.0543. The molecule has 0 saturated carbocycles. The van der Waals surface area contributed by atoms with Crippen LogP contribution >= 0.6 is 11.6 Å². The summed E-state index contributed by atoms with van der Waals surface area (Å²) in [6.07, 6.45) is 1.00. The summed E-state index contributed by atoms with van der Waals surface area (Å²) in [6, 6.07) is 5.47. The number of methoxy groups -OCH3 is 1. The Morgan fingerprint density at radius 2 is 2.08 bits per heavy atom. The van der Waals surface area contributed by atoms with E-state index in [1.54, 1.807) is 25.3 Å². The zero-order valence-electron chi connectivity index (χ0n) is 14.3. The fourth-order valence-corrected chi connectivity index (χ4v) is 5.75. The van der Waals surface area contributed by atoms with Gasteiger partial charge in [0, 0.05) is 17.0 Å². The highest BCUT2D eigenvalue weighted by molar-refractivity contribution is 7.91. The molecule has 1 N–H and O–H groups in total. The highest BCUT2D eigenvalue weighted by Crippen LogP contribution is 2.23. The van der Waals surface area contributed by atoms with Gasteiger partial charge in [0.1, 0.15) is 17.5 Å². The molecule has 0 spiro atoms. The van der Waals surface area contributed by atoms with Crippen molar-refractivity contribution in [2.45, 2.75) is 18.9 Å². The van der Waals surface area contributed by atoms with Gasteiger partial charge in [-0.05, 0) is 18.2 Å². The van der Waals surface area contributed by atoms with E-state index in [1.807, 2.05) is 4.90 Å². The van der Waals surface area contributed by atoms with Crippen LogP contribution in [-0.2, 0) is 21.1 Å². The number of carbonyl (C=O) groups is 1. The number of sulfone groups is 1. The van der Waals surface area contributed by atoms with Gasteiger partial charge < -0.3 is 14.5 Å². The van der Waals surface area contributed by atoms with E-state index in [9.17, 15) is 13.2 Å². The average Bonchev–Trinajstić information content (AvgIpc) is 2.95. The number of carbonyl (C=O) groups excluding carboxylic acids is 1. The highest BCUT2D eigenvalue weighted by atomic mass is 35.5. The first-order chi connectivity index (χ1) is 11.9. The van der Waals surface area contributed by atoms with Crippen molar-refractivity contribution in [1.29, 1.82) is 0 Å². The van der Waals surface area contributed by atoms with Crippen molar-refractivity contribution in [2.24, 2.45) is 0 Å². The van der Waals surface area contributed by atoms with Crippen molar-refractivity contribution in [3.63, 3.8) is 0 Å². The Bertz CT molecular complexity index is 745. The van der Waals surface area contributed by atoms with Crippen LogP contribution in [0.1, 0.15) is 12.0 Å². The fraction of sp³-hybridized carbons (Fsp3) is 0.588. The number of piperazine rings is 1. The van der Waals surface area contributed by atoms with Crippen LogP contribution in [0.3, 0.4) is 0 Å². The molecule has 2 aliphatic heterocycles. The molecular formula is C17H24ClN2O4S+. The molecule has 1 aromatic carbocycles. The van der Waals surface area contributed by atoms with E-state index in [4.69, 9.17) is 16.3 Å². The van der Waals surface area contributed by atoms with E-state index in [1.165, 1.54) is 4.90 Å². The molecule has 3 rings (SSSR count). The molecule has 138 valence electrons. The third-order valence-corrected chi connectivity index (χ3v) is 7.16. The van der Waals surface area contributed by atoms with Gasteiger partial charge >= 0.3 is 0 Å². The Kier molecular flexibility index (Phi) is 5.55. The second-order valence-electron chi connectivity index (χ2n) is 6.77. The maximum absolute atomic E-state index is 12.6. The number of halogens is 1. The predicted molar refractivity (Wildman–Crippen MR) is 96.0 cm³/mol. The Morgan fingerprint density at radius 3 is 2.68 bits per heavy atom. The molecule has 6 nitrogen and oxygen atoms in total. The summed E-state index contributed by atoms with van der Waals surface area (Å²) in [7, 11) is -1.28. The van der Waals surface area contributed by atoms with Crippen LogP contribution in [0.25, 0.3) is 0 Å². The van der Waals surface area contributed by atoms with Crippen molar-refractivity contribution in [2.75, 3.05) is 44.8 Å². The van der Waals surface area contributed by atoms with Crippen LogP contribution in [0, 0.1) is 0 Å². The molecular weight excluding hydrogens is 364 g/mol. The van der Waals surface area contributed by atoms with Crippen molar-refractivity contribution in [1.82, 2.24) is 4.90 Å². The first kappa shape index (κ1) is 18.5. The van der Waals surface area contributed by atoms with Gasteiger partial charge in [0.15, 0.2) is 9.84 Å². The summed E-state index contributed by atoms with van der Waals surface area (Å²) in [5.74, 6) is 1.31. The molecule has 0 radical (unpaired) electrons. The second kappa shape index (κ2) is 7.51. The summed E-state index contributed by atoms with van der Waals surface area (Å²) >= 11 is 6.02. The molecule has 8 heteroatoms. The van der Waals surface area contributed by atoms with E-state index >= 15 is 0 Å². The highest BCUT2D eigenvalue weighted by Gasteiger charge is 2.37. The topological polar surface area (TPSA) is 68.1 Å². The van der Waals surface area contributed by atoms with Crippen molar-refractivity contribution < 1.29 is 22.8 Å². The fourth-order valence-electron chi connectivity index (χ4n) is 3.73. The number of hydrogen-bond acceptors (Lipinski definition) is 4. The number of quaternary nitrogens is 1. The Balaban J connectivity index is 1.56. The molecule has 1 atom stereocenters. The number of benzene rings is 1. The molecule has 2 heterocycles. The molecule has 1 aromatic rings. The lowest BCUT2D eigenvalue weighted by Crippen LogP contribution is -3.18. The molecule has 2 fully saturated rings. The maximum Gasteiger partial charge on any atom is 0.227 e. The first-order valence-electron chi connectivity index (χ1n) is 8.53. The quantitative estimate of drug-likeness (QED) is 0.777. The maximum atomic E-state index is 12.6. The zero-order chi connectivity index (χ0) is 18.0. The predicted octanol–water partition coefficient (Wildman–Crippen LogP) is -0.195. The Morgan fingerprint density at radius 1 is 1.36 bits per heavy atom. The molecule has 2 saturated heterocycles. The minimum atomic E-state index is -2.85. The van der Waals surface area contributed by atoms with E-state index in [0.717, 1.165) is 25.1 Å². The van der Waals surface area contributed by atoms with Gasteiger partial charge in [-0.3, -0.25) is 4.79 Å². The van der Waals surface area contributed by atoms with Crippen LogP contribution in [0.2, 0.25) is 5.02 Å². The smallest absolute Gasteiger partial charge is 0.227 e. The number of hydrogen-bond donors (Lipinski definition) is 1. The van der Waals surface area contributed by atoms with Crippen LogP contribution in [0.15, 0.2) is 18.2 Å². The first-order valence-corrected chi connectivity index (χ1v) is 10.7. The molecule has 25 heavy (non-hydrogen) atoms. The summed E-state index contributed by atoms with van der Waals surface area (Å²) < 4.78 is 28.6. The third-order valence-electron chi connectivity index (χ3n) is 5.15. The molecule has 0 aliphatic carbocycles. The van der Waals surface area contributed by atoms with Crippen molar-refractivity contribution in [3.8, 4) is 5.75 Å². The Labute approximate surface area is 153 Å². The number of rotatable bonds is 4. The largest absolute Gasteiger partial charge is 0.496 e. The van der Waals surface area contributed by atoms with Crippen LogP contribution in [0.4, 0.5) is 0 Å². The lowest BCUT2D eigenvalue weighted by Gasteiger charge is -2.35. The lowest BCUT2D eigenvalue weighted by molar-refractivity contribution is -0.925.